The molecule has 0 aliphatic carbocycles. The third-order valence-electron chi connectivity index (χ3n) is 3.92. The van der Waals surface area contributed by atoms with E-state index in [4.69, 9.17) is 9.47 Å². The fourth-order valence-corrected chi connectivity index (χ4v) is 3.61. The average Bonchev–Trinajstić information content (AvgIpc) is 2.89. The van der Waals surface area contributed by atoms with Crippen LogP contribution >= 0.6 is 11.3 Å². The van der Waals surface area contributed by atoms with Crippen LogP contribution in [0.4, 0.5) is 5.13 Å². The molecule has 1 aliphatic rings. The van der Waals surface area contributed by atoms with Crippen molar-refractivity contribution in [2.45, 2.75) is 25.8 Å². The van der Waals surface area contributed by atoms with E-state index in [1.54, 1.807) is 18.4 Å². The molecule has 20 heavy (non-hydrogen) atoms. The van der Waals surface area contributed by atoms with Gasteiger partial charge in [0.05, 0.1) is 17.3 Å². The summed E-state index contributed by atoms with van der Waals surface area (Å²) in [5, 5.41) is 4.54. The number of rotatable bonds is 4. The van der Waals surface area contributed by atoms with E-state index >= 15 is 0 Å². The van der Waals surface area contributed by atoms with Gasteiger partial charge in [-0.15, -0.1) is 0 Å². The summed E-state index contributed by atoms with van der Waals surface area (Å²) in [6.07, 6.45) is 2.26. The Bertz CT molecular complexity index is 578. The maximum atomic E-state index is 5.42. The number of hydrogen-bond donors (Lipinski definition) is 1. The molecule has 1 saturated heterocycles. The Hall–Kier alpha value is -1.33. The lowest BCUT2D eigenvalue weighted by atomic mass is 9.93. The second-order valence-corrected chi connectivity index (χ2v) is 6.27. The smallest absolute Gasteiger partial charge is 0.184 e. The van der Waals surface area contributed by atoms with E-state index in [1.807, 2.05) is 18.2 Å². The van der Waals surface area contributed by atoms with Crippen LogP contribution < -0.4 is 10.1 Å². The molecule has 0 bridgehead atoms. The van der Waals surface area contributed by atoms with Crippen molar-refractivity contribution in [2.24, 2.45) is 5.92 Å². The molecule has 0 amide bonds. The van der Waals surface area contributed by atoms with Crippen molar-refractivity contribution in [3.63, 3.8) is 0 Å². The number of aromatic nitrogens is 1. The number of ether oxygens (including phenoxy) is 2. The molecule has 1 N–H and O–H groups in total. The quantitative estimate of drug-likeness (QED) is 0.936. The fourth-order valence-electron chi connectivity index (χ4n) is 2.62. The highest BCUT2D eigenvalue weighted by Gasteiger charge is 2.21. The van der Waals surface area contributed by atoms with E-state index < -0.39 is 0 Å². The lowest BCUT2D eigenvalue weighted by Gasteiger charge is -2.28. The third-order valence-corrected chi connectivity index (χ3v) is 4.87. The summed E-state index contributed by atoms with van der Waals surface area (Å²) >= 11 is 1.69. The number of thiazole rings is 1. The van der Waals surface area contributed by atoms with Crippen LogP contribution in [0.1, 0.15) is 19.8 Å². The molecule has 1 aromatic heterocycles. The monoisotopic (exact) mass is 292 g/mol. The number of nitrogens with zero attached hydrogens (tertiary/aromatic N) is 1. The predicted octanol–water partition coefficient (Wildman–Crippen LogP) is 3.53. The zero-order valence-electron chi connectivity index (χ0n) is 11.9. The van der Waals surface area contributed by atoms with Crippen molar-refractivity contribution in [1.82, 2.24) is 4.98 Å². The van der Waals surface area contributed by atoms with Gasteiger partial charge in [0.1, 0.15) is 5.75 Å². The molecule has 2 heterocycles. The Morgan fingerprint density at radius 3 is 2.95 bits per heavy atom. The van der Waals surface area contributed by atoms with E-state index in [9.17, 15) is 0 Å². The molecular weight excluding hydrogens is 272 g/mol. The van der Waals surface area contributed by atoms with Gasteiger partial charge in [0, 0.05) is 19.3 Å². The molecule has 1 unspecified atom stereocenters. The summed E-state index contributed by atoms with van der Waals surface area (Å²) in [5.41, 5.74) is 1.03. The van der Waals surface area contributed by atoms with Crippen LogP contribution in [0.15, 0.2) is 18.2 Å². The second kappa shape index (κ2) is 5.97. The summed E-state index contributed by atoms with van der Waals surface area (Å²) in [5.74, 6) is 1.55. The van der Waals surface area contributed by atoms with Gasteiger partial charge in [-0.2, -0.15) is 0 Å². The molecule has 1 aromatic carbocycles. The minimum atomic E-state index is 0.432. The van der Waals surface area contributed by atoms with Crippen LogP contribution in [0, 0.1) is 5.92 Å². The van der Waals surface area contributed by atoms with Crippen molar-refractivity contribution in [3.8, 4) is 5.75 Å². The van der Waals surface area contributed by atoms with Crippen LogP contribution in [0.5, 0.6) is 5.75 Å². The molecule has 0 spiro atoms. The van der Waals surface area contributed by atoms with Crippen LogP contribution in [-0.2, 0) is 4.74 Å². The first-order chi connectivity index (χ1) is 9.76. The highest BCUT2D eigenvalue weighted by molar-refractivity contribution is 7.22. The van der Waals surface area contributed by atoms with Gasteiger partial charge in [0.15, 0.2) is 5.13 Å². The normalized spacial score (nSPS) is 18.1. The maximum absolute atomic E-state index is 5.42. The van der Waals surface area contributed by atoms with Crippen molar-refractivity contribution in [1.29, 1.82) is 0 Å². The van der Waals surface area contributed by atoms with E-state index in [-0.39, 0.29) is 0 Å². The van der Waals surface area contributed by atoms with Gasteiger partial charge in [-0.1, -0.05) is 11.3 Å². The Kier molecular flexibility index (Phi) is 4.08. The van der Waals surface area contributed by atoms with Crippen molar-refractivity contribution >= 4 is 26.7 Å². The molecule has 1 fully saturated rings. The standard InChI is InChI=1S/C15H20N2O2S/c1-10(11-5-7-19-8-6-11)16-15-17-13-4-3-12(18-2)9-14(13)20-15/h3-4,9-11H,5-8H2,1-2H3,(H,16,17). The van der Waals surface area contributed by atoms with E-state index in [0.717, 1.165) is 47.2 Å². The molecule has 4 nitrogen and oxygen atoms in total. The lowest BCUT2D eigenvalue weighted by molar-refractivity contribution is 0.0622. The average molecular weight is 292 g/mol. The van der Waals surface area contributed by atoms with E-state index in [2.05, 4.69) is 17.2 Å². The molecule has 1 atom stereocenters. The first kappa shape index (κ1) is 13.6. The summed E-state index contributed by atoms with van der Waals surface area (Å²) in [4.78, 5) is 4.64. The van der Waals surface area contributed by atoms with Gasteiger partial charge in [-0.25, -0.2) is 4.98 Å². The molecule has 2 aromatic rings. The predicted molar refractivity (Wildman–Crippen MR) is 82.8 cm³/mol. The molecule has 108 valence electrons. The topological polar surface area (TPSA) is 43.4 Å². The van der Waals surface area contributed by atoms with E-state index in [1.165, 1.54) is 0 Å². The Morgan fingerprint density at radius 1 is 1.40 bits per heavy atom. The SMILES string of the molecule is COc1ccc2nc(NC(C)C3CCOCC3)sc2c1. The van der Waals surface area contributed by atoms with Gasteiger partial charge in [-0.05, 0) is 43.9 Å². The van der Waals surface area contributed by atoms with Gasteiger partial charge >= 0.3 is 0 Å². The number of benzene rings is 1. The molecule has 1 aliphatic heterocycles. The highest BCUT2D eigenvalue weighted by Crippen LogP contribution is 2.30. The molecular formula is C15H20N2O2S. The third kappa shape index (κ3) is 2.88. The number of anilines is 1. The van der Waals surface area contributed by atoms with Gasteiger partial charge in [0.25, 0.3) is 0 Å². The van der Waals surface area contributed by atoms with Crippen LogP contribution in [-0.4, -0.2) is 31.3 Å². The van der Waals surface area contributed by atoms with Crippen molar-refractivity contribution < 1.29 is 9.47 Å². The highest BCUT2D eigenvalue weighted by atomic mass is 32.1. The van der Waals surface area contributed by atoms with Gasteiger partial charge in [-0.3, -0.25) is 0 Å². The molecule has 3 rings (SSSR count). The molecule has 0 radical (unpaired) electrons. The van der Waals surface area contributed by atoms with Gasteiger partial charge < -0.3 is 14.8 Å². The molecule has 5 heteroatoms. The van der Waals surface area contributed by atoms with Crippen molar-refractivity contribution in [2.75, 3.05) is 25.6 Å². The lowest BCUT2D eigenvalue weighted by Crippen LogP contribution is -2.30. The Morgan fingerprint density at radius 2 is 2.20 bits per heavy atom. The maximum Gasteiger partial charge on any atom is 0.184 e. The minimum Gasteiger partial charge on any atom is -0.497 e. The summed E-state index contributed by atoms with van der Waals surface area (Å²) in [7, 11) is 1.69. The van der Waals surface area contributed by atoms with Gasteiger partial charge in [0.2, 0.25) is 0 Å². The fraction of sp³-hybridized carbons (Fsp3) is 0.533. The zero-order chi connectivity index (χ0) is 13.9. The van der Waals surface area contributed by atoms with Crippen LogP contribution in [0.2, 0.25) is 0 Å². The number of hydrogen-bond acceptors (Lipinski definition) is 5. The second-order valence-electron chi connectivity index (χ2n) is 5.24. The number of nitrogens with one attached hydrogen (secondary N) is 1. The van der Waals surface area contributed by atoms with Crippen LogP contribution in [0.3, 0.4) is 0 Å². The van der Waals surface area contributed by atoms with Crippen LogP contribution in [0.25, 0.3) is 10.2 Å². The number of methoxy groups -OCH3 is 1. The summed E-state index contributed by atoms with van der Waals surface area (Å²) < 4.78 is 11.8. The van der Waals surface area contributed by atoms with Crippen molar-refractivity contribution in [3.05, 3.63) is 18.2 Å². The summed E-state index contributed by atoms with van der Waals surface area (Å²) in [6, 6.07) is 6.43. The number of fused-ring (bicyclic) bond motifs is 1. The molecule has 0 saturated carbocycles. The Balaban J connectivity index is 1.73. The first-order valence-corrected chi connectivity index (χ1v) is 7.87. The van der Waals surface area contributed by atoms with E-state index in [0.29, 0.717) is 12.0 Å². The zero-order valence-corrected chi connectivity index (χ0v) is 12.7. The summed E-state index contributed by atoms with van der Waals surface area (Å²) in [6.45, 7) is 4.00. The Labute approximate surface area is 123 Å². The largest absolute Gasteiger partial charge is 0.497 e. The first-order valence-electron chi connectivity index (χ1n) is 7.05. The minimum absolute atomic E-state index is 0.432.